The van der Waals surface area contributed by atoms with Crippen molar-refractivity contribution < 1.29 is 18.8 Å². The number of rotatable bonds is 11. The summed E-state index contributed by atoms with van der Waals surface area (Å²) >= 11 is 0. The lowest BCUT2D eigenvalue weighted by Gasteiger charge is -2.33. The van der Waals surface area contributed by atoms with Crippen molar-refractivity contribution in [3.05, 3.63) is 18.4 Å². The topological polar surface area (TPSA) is 231 Å². The van der Waals surface area contributed by atoms with Crippen LogP contribution in [0, 0.1) is 5.41 Å². The molecule has 0 aromatic carbocycles. The normalized spacial score (nSPS) is 16.5. The van der Waals surface area contributed by atoms with Gasteiger partial charge < -0.3 is 37.2 Å². The van der Waals surface area contributed by atoms with Gasteiger partial charge in [-0.2, -0.15) is 4.99 Å². The molecule has 0 fully saturated rings. The maximum Gasteiger partial charge on any atom is 0.318 e. The summed E-state index contributed by atoms with van der Waals surface area (Å²) in [6.07, 6.45) is 5.19. The molecule has 176 valence electrons. The molecular weight excluding hydrogens is 420 g/mol. The van der Waals surface area contributed by atoms with Crippen LogP contribution in [-0.4, -0.2) is 71.4 Å². The molecule has 0 saturated heterocycles. The molecule has 1 unspecified atom stereocenters. The van der Waals surface area contributed by atoms with Gasteiger partial charge in [-0.1, -0.05) is 0 Å². The van der Waals surface area contributed by atoms with Crippen molar-refractivity contribution in [1.29, 1.82) is 5.41 Å². The molecule has 0 spiro atoms. The molecule has 32 heavy (non-hydrogen) atoms. The summed E-state index contributed by atoms with van der Waals surface area (Å²) in [4.78, 5) is 45.9. The van der Waals surface area contributed by atoms with Crippen molar-refractivity contribution in [2.24, 2.45) is 22.2 Å². The molecule has 14 nitrogen and oxygen atoms in total. The number of hydrogen-bond donors (Lipinski definition) is 7. The molecule has 14 heteroatoms. The van der Waals surface area contributed by atoms with Gasteiger partial charge in [-0.25, -0.2) is 9.78 Å². The van der Waals surface area contributed by atoms with E-state index in [1.807, 2.05) is 0 Å². The molecule has 2 heterocycles. The Balaban J connectivity index is 1.99. The summed E-state index contributed by atoms with van der Waals surface area (Å²) in [7, 11) is 0. The highest BCUT2D eigenvalue weighted by molar-refractivity contribution is 6.04. The number of carbonyl (C=O) groups is 3. The molecular formula is C18H30N10O4. The largest absolute Gasteiger partial charge is 0.451 e. The predicted octanol–water partition coefficient (Wildman–Crippen LogP) is -2.06. The third-order valence-electron chi connectivity index (χ3n) is 4.73. The zero-order valence-corrected chi connectivity index (χ0v) is 17.7. The Morgan fingerprint density at radius 3 is 2.78 bits per heavy atom. The van der Waals surface area contributed by atoms with Crippen molar-refractivity contribution in [2.75, 3.05) is 19.6 Å². The van der Waals surface area contributed by atoms with Crippen molar-refractivity contribution >= 4 is 29.8 Å². The maximum atomic E-state index is 13.0. The van der Waals surface area contributed by atoms with Crippen LogP contribution >= 0.6 is 0 Å². The molecule has 2 rings (SSSR count). The van der Waals surface area contributed by atoms with E-state index in [1.54, 1.807) is 0 Å². The van der Waals surface area contributed by atoms with Crippen LogP contribution in [0.5, 0.6) is 0 Å². The van der Waals surface area contributed by atoms with Crippen LogP contribution in [0.25, 0.3) is 0 Å². The zero-order valence-electron chi connectivity index (χ0n) is 17.7. The van der Waals surface area contributed by atoms with Crippen LogP contribution in [0.2, 0.25) is 0 Å². The van der Waals surface area contributed by atoms with E-state index in [1.165, 1.54) is 17.6 Å². The second kappa shape index (κ2) is 12.2. The molecule has 0 aliphatic carbocycles. The number of primary amides is 1. The number of carbonyl (C=O) groups excluding carboxylic acids is 3. The Bertz CT molecular complexity index is 826. The van der Waals surface area contributed by atoms with Gasteiger partial charge in [0.25, 0.3) is 5.91 Å². The number of amides is 4. The predicted molar refractivity (Wildman–Crippen MR) is 115 cm³/mol. The molecule has 1 aliphatic heterocycles. The van der Waals surface area contributed by atoms with Crippen molar-refractivity contribution in [3.63, 3.8) is 0 Å². The number of aromatic nitrogens is 1. The summed E-state index contributed by atoms with van der Waals surface area (Å²) in [5.74, 6) is -1.02. The summed E-state index contributed by atoms with van der Waals surface area (Å²) in [5.41, 5.74) is 17.1. The fourth-order valence-electron chi connectivity index (χ4n) is 3.21. The molecule has 1 aromatic heterocycles. The third kappa shape index (κ3) is 8.22. The monoisotopic (exact) mass is 450 g/mol. The lowest BCUT2D eigenvalue weighted by molar-refractivity contribution is -0.139. The van der Waals surface area contributed by atoms with Gasteiger partial charge in [-0.15, -0.1) is 0 Å². The molecule has 2 atom stereocenters. The van der Waals surface area contributed by atoms with Crippen molar-refractivity contribution in [1.82, 2.24) is 25.8 Å². The number of oxazole rings is 1. The number of aliphatic imine (C=N–C) groups is 1. The lowest BCUT2D eigenvalue weighted by atomic mass is 10.1. The van der Waals surface area contributed by atoms with Gasteiger partial charge in [0, 0.05) is 32.1 Å². The highest BCUT2D eigenvalue weighted by atomic mass is 16.3. The van der Waals surface area contributed by atoms with E-state index in [4.69, 9.17) is 27.0 Å². The van der Waals surface area contributed by atoms with Crippen LogP contribution in [-0.2, 0) is 16.0 Å². The van der Waals surface area contributed by atoms with Crippen molar-refractivity contribution in [2.45, 2.75) is 44.2 Å². The summed E-state index contributed by atoms with van der Waals surface area (Å²) in [6, 6.07) is -2.12. The fraction of sp³-hybridized carbons (Fsp3) is 0.556. The Kier molecular flexibility index (Phi) is 9.41. The number of nitrogens with one attached hydrogen (secondary N) is 4. The quantitative estimate of drug-likeness (QED) is 0.111. The second-order valence-corrected chi connectivity index (χ2v) is 7.30. The molecule has 0 radical (unpaired) electrons. The summed E-state index contributed by atoms with van der Waals surface area (Å²) in [6.45, 7) is 0.843. The molecule has 0 saturated carbocycles. The summed E-state index contributed by atoms with van der Waals surface area (Å²) in [5, 5.41) is 14.8. The van der Waals surface area contributed by atoms with Gasteiger partial charge >= 0.3 is 6.03 Å². The van der Waals surface area contributed by atoms with Gasteiger partial charge in [0.1, 0.15) is 12.3 Å². The first-order chi connectivity index (χ1) is 15.3. The van der Waals surface area contributed by atoms with Crippen LogP contribution < -0.4 is 33.2 Å². The van der Waals surface area contributed by atoms with E-state index in [-0.39, 0.29) is 37.3 Å². The Morgan fingerprint density at radius 2 is 2.16 bits per heavy atom. The van der Waals surface area contributed by atoms with Crippen molar-refractivity contribution in [3.8, 4) is 0 Å². The number of hydrogen-bond acceptors (Lipinski definition) is 8. The van der Waals surface area contributed by atoms with Gasteiger partial charge in [0.15, 0.2) is 12.4 Å². The lowest BCUT2D eigenvalue weighted by Crippen LogP contribution is -2.58. The van der Waals surface area contributed by atoms with Crippen LogP contribution in [0.4, 0.5) is 4.79 Å². The molecule has 4 amide bonds. The Labute approximate surface area is 184 Å². The smallest absolute Gasteiger partial charge is 0.318 e. The first-order valence-corrected chi connectivity index (χ1v) is 10.2. The number of aryl methyl sites for hydroxylation is 1. The van der Waals surface area contributed by atoms with E-state index in [9.17, 15) is 14.4 Å². The minimum atomic E-state index is -0.853. The number of urea groups is 1. The average molecular weight is 451 g/mol. The highest BCUT2D eigenvalue weighted by Crippen LogP contribution is 2.12. The standard InChI is InChI=1S/C18H30N10O4/c19-11(3-1-5-23-16(20)21)7-14(29)28(6-2-4-12-9-32-10-25-12)13-8-24-18(26-15(13)30)27-17(22)31/h9-11,13H,1-8,19H2,(H4,20,21,23)(H4,22,24,26,27,30,31)/t11-,13?/m0/s1. The maximum absolute atomic E-state index is 13.0. The number of nitrogens with zero attached hydrogens (tertiary/aromatic N) is 3. The average Bonchev–Trinajstić information content (AvgIpc) is 3.22. The van der Waals surface area contributed by atoms with Gasteiger partial charge in [-0.05, 0) is 25.7 Å². The van der Waals surface area contributed by atoms with Crippen LogP contribution in [0.15, 0.2) is 22.1 Å². The van der Waals surface area contributed by atoms with E-state index >= 15 is 0 Å². The molecule has 0 bridgehead atoms. The fourth-order valence-corrected chi connectivity index (χ4v) is 3.21. The van der Waals surface area contributed by atoms with E-state index in [2.05, 4.69) is 25.9 Å². The van der Waals surface area contributed by atoms with E-state index < -0.39 is 24.0 Å². The number of guanidine groups is 2. The highest BCUT2D eigenvalue weighted by Gasteiger charge is 2.33. The number of nitrogens with two attached hydrogens (primary N) is 3. The first kappa shape index (κ1) is 24.6. The minimum absolute atomic E-state index is 0.0456. The summed E-state index contributed by atoms with van der Waals surface area (Å²) < 4.78 is 4.95. The van der Waals surface area contributed by atoms with E-state index in [0.29, 0.717) is 32.2 Å². The van der Waals surface area contributed by atoms with Gasteiger partial charge in [0.05, 0.1) is 5.69 Å². The molecule has 1 aliphatic rings. The molecule has 10 N–H and O–H groups in total. The van der Waals surface area contributed by atoms with Gasteiger partial charge in [-0.3, -0.25) is 20.3 Å². The Morgan fingerprint density at radius 1 is 1.38 bits per heavy atom. The zero-order chi connectivity index (χ0) is 23.5. The first-order valence-electron chi connectivity index (χ1n) is 10.2. The third-order valence-corrected chi connectivity index (χ3v) is 4.73. The molecule has 1 aromatic rings. The SMILES string of the molecule is N=C(N)NCCC[C@H](N)CC(=O)N(CCCc1cocn1)C1CNC(NC(N)=O)=NC1=O. The second-order valence-electron chi connectivity index (χ2n) is 7.30. The van der Waals surface area contributed by atoms with Crippen LogP contribution in [0.3, 0.4) is 0 Å². The Hall–Kier alpha value is -3.68. The van der Waals surface area contributed by atoms with Gasteiger partial charge in [0.2, 0.25) is 11.9 Å². The van der Waals surface area contributed by atoms with E-state index in [0.717, 1.165) is 5.69 Å². The van der Waals surface area contributed by atoms with Crippen LogP contribution in [0.1, 0.15) is 31.4 Å². The minimum Gasteiger partial charge on any atom is -0.451 e.